The minimum Gasteiger partial charge on any atom is -0.381 e. The highest BCUT2D eigenvalue weighted by Gasteiger charge is 2.15. The lowest BCUT2D eigenvalue weighted by Crippen LogP contribution is -2.38. The highest BCUT2D eigenvalue weighted by molar-refractivity contribution is 14.0. The van der Waals surface area contributed by atoms with Crippen molar-refractivity contribution in [3.05, 3.63) is 29.3 Å². The summed E-state index contributed by atoms with van der Waals surface area (Å²) in [5.74, 6) is 1.45. The van der Waals surface area contributed by atoms with Crippen LogP contribution in [-0.4, -0.2) is 51.7 Å². The first-order valence-electron chi connectivity index (χ1n) is 9.54. The van der Waals surface area contributed by atoms with Crippen LogP contribution in [0.4, 0.5) is 0 Å². The lowest BCUT2D eigenvalue weighted by atomic mass is 10.1. The normalized spacial score (nSPS) is 16.9. The summed E-state index contributed by atoms with van der Waals surface area (Å²) in [5, 5.41) is 6.71. The van der Waals surface area contributed by atoms with Gasteiger partial charge < -0.3 is 20.1 Å². The molecule has 1 saturated heterocycles. The third-order valence-corrected chi connectivity index (χ3v) is 5.15. The highest BCUT2D eigenvalue weighted by atomic mass is 127. The Kier molecular flexibility index (Phi) is 13.2. The molecule has 0 aromatic heterocycles. The van der Waals surface area contributed by atoms with E-state index in [4.69, 9.17) is 14.5 Å². The van der Waals surface area contributed by atoms with Gasteiger partial charge in [0.1, 0.15) is 0 Å². The Hall–Kier alpha value is -0.510. The van der Waals surface area contributed by atoms with Crippen molar-refractivity contribution < 1.29 is 9.47 Å². The molecular weight excluding hydrogens is 473 g/mol. The molecular formula is C20H34IN3O2S. The summed E-state index contributed by atoms with van der Waals surface area (Å²) < 4.78 is 11.1. The molecule has 0 bridgehead atoms. The minimum atomic E-state index is 0. The molecule has 7 heteroatoms. The molecule has 1 atom stereocenters. The third-order valence-electron chi connectivity index (χ3n) is 4.33. The number of nitrogens with one attached hydrogen (secondary N) is 2. The number of halogens is 1. The maximum atomic E-state index is 5.75. The van der Waals surface area contributed by atoms with Crippen molar-refractivity contribution in [2.45, 2.75) is 38.1 Å². The van der Waals surface area contributed by atoms with E-state index in [1.807, 2.05) is 0 Å². The molecule has 27 heavy (non-hydrogen) atoms. The molecule has 1 aliphatic heterocycles. The van der Waals surface area contributed by atoms with Gasteiger partial charge in [-0.15, -0.1) is 35.7 Å². The predicted molar refractivity (Wildman–Crippen MR) is 126 cm³/mol. The molecule has 154 valence electrons. The summed E-state index contributed by atoms with van der Waals surface area (Å²) in [7, 11) is 0. The minimum absolute atomic E-state index is 0. The first-order valence-corrected chi connectivity index (χ1v) is 10.8. The maximum absolute atomic E-state index is 5.75. The predicted octanol–water partition coefficient (Wildman–Crippen LogP) is 3.83. The molecule has 2 N–H and O–H groups in total. The van der Waals surface area contributed by atoms with Crippen LogP contribution in [0.5, 0.6) is 0 Å². The monoisotopic (exact) mass is 507 g/mol. The van der Waals surface area contributed by atoms with E-state index < -0.39 is 0 Å². The Morgan fingerprint density at radius 3 is 2.93 bits per heavy atom. The lowest BCUT2D eigenvalue weighted by molar-refractivity contribution is 0.0888. The molecule has 2 rings (SSSR count). The molecule has 1 aliphatic rings. The first kappa shape index (κ1) is 24.5. The van der Waals surface area contributed by atoms with Gasteiger partial charge in [0.15, 0.2) is 5.96 Å². The molecule has 1 heterocycles. The van der Waals surface area contributed by atoms with Gasteiger partial charge in [0, 0.05) is 37.1 Å². The molecule has 0 saturated carbocycles. The summed E-state index contributed by atoms with van der Waals surface area (Å²) in [6.07, 6.45) is 4.22. The summed E-state index contributed by atoms with van der Waals surface area (Å²) in [5.41, 5.74) is 2.55. The molecule has 0 spiro atoms. The highest BCUT2D eigenvalue weighted by Crippen LogP contribution is 2.22. The second-order valence-corrected chi connectivity index (χ2v) is 7.44. The van der Waals surface area contributed by atoms with Crippen LogP contribution in [0.15, 0.2) is 28.1 Å². The SMILES string of the molecule is CCNC(=NCc1ccc(C)cc1SC)NCCCOCC1CCOC1.I. The van der Waals surface area contributed by atoms with Gasteiger partial charge in [0.25, 0.3) is 0 Å². The zero-order chi connectivity index (χ0) is 18.6. The van der Waals surface area contributed by atoms with Crippen LogP contribution in [0.2, 0.25) is 0 Å². The van der Waals surface area contributed by atoms with Crippen LogP contribution >= 0.6 is 35.7 Å². The average Bonchev–Trinajstić information content (AvgIpc) is 3.16. The number of guanidine groups is 1. The van der Waals surface area contributed by atoms with Crippen LogP contribution in [0.1, 0.15) is 30.9 Å². The van der Waals surface area contributed by atoms with Gasteiger partial charge in [0.05, 0.1) is 19.8 Å². The second kappa shape index (κ2) is 14.5. The Morgan fingerprint density at radius 1 is 1.37 bits per heavy atom. The Bertz CT molecular complexity index is 566. The van der Waals surface area contributed by atoms with E-state index in [-0.39, 0.29) is 24.0 Å². The maximum Gasteiger partial charge on any atom is 0.191 e. The number of aryl methyl sites for hydroxylation is 1. The Morgan fingerprint density at radius 2 is 2.22 bits per heavy atom. The molecule has 5 nitrogen and oxygen atoms in total. The molecule has 1 fully saturated rings. The summed E-state index contributed by atoms with van der Waals surface area (Å²) in [4.78, 5) is 6.03. The summed E-state index contributed by atoms with van der Waals surface area (Å²) in [6.45, 7) is 9.94. The largest absolute Gasteiger partial charge is 0.381 e. The number of hydrogen-bond acceptors (Lipinski definition) is 4. The molecule has 1 aromatic rings. The number of nitrogens with zero attached hydrogens (tertiary/aromatic N) is 1. The zero-order valence-electron chi connectivity index (χ0n) is 16.8. The summed E-state index contributed by atoms with van der Waals surface area (Å²) >= 11 is 1.78. The fourth-order valence-corrected chi connectivity index (χ4v) is 3.53. The number of ether oxygens (including phenoxy) is 2. The number of thioether (sulfide) groups is 1. The van der Waals surface area contributed by atoms with Crippen molar-refractivity contribution in [3.63, 3.8) is 0 Å². The van der Waals surface area contributed by atoms with Crippen molar-refractivity contribution in [3.8, 4) is 0 Å². The molecule has 1 aromatic carbocycles. The van der Waals surface area contributed by atoms with Crippen LogP contribution in [0.25, 0.3) is 0 Å². The van der Waals surface area contributed by atoms with Crippen molar-refractivity contribution in [2.24, 2.45) is 10.9 Å². The fraction of sp³-hybridized carbons (Fsp3) is 0.650. The van der Waals surface area contributed by atoms with Gasteiger partial charge in [-0.1, -0.05) is 12.1 Å². The van der Waals surface area contributed by atoms with Crippen molar-refractivity contribution in [2.75, 3.05) is 45.8 Å². The van der Waals surface area contributed by atoms with Crippen LogP contribution in [0.3, 0.4) is 0 Å². The van der Waals surface area contributed by atoms with Crippen molar-refractivity contribution in [1.29, 1.82) is 0 Å². The first-order chi connectivity index (χ1) is 12.7. The number of aliphatic imine (C=N–C) groups is 1. The van der Waals surface area contributed by atoms with Crippen LogP contribution < -0.4 is 10.6 Å². The number of benzene rings is 1. The van der Waals surface area contributed by atoms with E-state index in [0.29, 0.717) is 12.5 Å². The number of hydrogen-bond donors (Lipinski definition) is 2. The van der Waals surface area contributed by atoms with Gasteiger partial charge in [-0.2, -0.15) is 0 Å². The lowest BCUT2D eigenvalue weighted by Gasteiger charge is -2.13. The van der Waals surface area contributed by atoms with E-state index in [1.165, 1.54) is 16.0 Å². The molecule has 0 radical (unpaired) electrons. The molecule has 0 aliphatic carbocycles. The Balaban J connectivity index is 0.00000364. The van der Waals surface area contributed by atoms with E-state index in [2.05, 4.69) is 48.9 Å². The average molecular weight is 507 g/mol. The standard InChI is InChI=1S/C20H33N3O2S.HI/c1-4-21-20(22-9-5-10-24-14-17-8-11-25-15-17)23-13-18-7-6-16(2)12-19(18)26-3;/h6-7,12,17H,4-5,8-11,13-15H2,1-3H3,(H2,21,22,23);1H. The zero-order valence-corrected chi connectivity index (χ0v) is 19.9. The van der Waals surface area contributed by atoms with E-state index >= 15 is 0 Å². The van der Waals surface area contributed by atoms with Crippen LogP contribution in [0, 0.1) is 12.8 Å². The van der Waals surface area contributed by atoms with Crippen LogP contribution in [-0.2, 0) is 16.0 Å². The topological polar surface area (TPSA) is 54.9 Å². The third kappa shape index (κ3) is 9.49. The van der Waals surface area contributed by atoms with Gasteiger partial charge in [0.2, 0.25) is 0 Å². The second-order valence-electron chi connectivity index (χ2n) is 6.60. The van der Waals surface area contributed by atoms with E-state index in [9.17, 15) is 0 Å². The van der Waals surface area contributed by atoms with E-state index in [0.717, 1.165) is 58.3 Å². The van der Waals surface area contributed by atoms with Crippen molar-refractivity contribution in [1.82, 2.24) is 10.6 Å². The molecule has 1 unspecified atom stereocenters. The van der Waals surface area contributed by atoms with Gasteiger partial charge in [-0.05, 0) is 50.1 Å². The van der Waals surface area contributed by atoms with Gasteiger partial charge >= 0.3 is 0 Å². The summed E-state index contributed by atoms with van der Waals surface area (Å²) in [6, 6.07) is 6.55. The van der Waals surface area contributed by atoms with Gasteiger partial charge in [-0.3, -0.25) is 0 Å². The molecule has 0 amide bonds. The number of rotatable bonds is 10. The van der Waals surface area contributed by atoms with Crippen molar-refractivity contribution >= 4 is 41.7 Å². The Labute approximate surface area is 185 Å². The quantitative estimate of drug-likeness (QED) is 0.166. The van der Waals surface area contributed by atoms with Gasteiger partial charge in [-0.25, -0.2) is 4.99 Å². The van der Waals surface area contributed by atoms with E-state index in [1.54, 1.807) is 11.8 Å². The smallest absolute Gasteiger partial charge is 0.191 e. The fourth-order valence-electron chi connectivity index (χ4n) is 2.83.